The summed E-state index contributed by atoms with van der Waals surface area (Å²) in [7, 11) is 0. The molecule has 0 aliphatic carbocycles. The molecule has 3 rings (SSSR count). The lowest BCUT2D eigenvalue weighted by molar-refractivity contribution is 0.0992. The standard InChI is InChI=1S/C17H27N3OS/c1-4-18-16(20-13-10-12-7-8-14(13)21-12)19-11-17(2,3)15-6-5-9-22-15/h5-6,9,12-14H,4,7-8,10-11H2,1-3H3,(H2,18,19,20). The third kappa shape index (κ3) is 3.46. The number of thiophene rings is 1. The van der Waals surface area contributed by atoms with Gasteiger partial charge in [-0.05, 0) is 37.6 Å². The predicted molar refractivity (Wildman–Crippen MR) is 92.8 cm³/mol. The molecule has 1 aromatic rings. The minimum Gasteiger partial charge on any atom is -0.373 e. The fraction of sp³-hybridized carbons (Fsp3) is 0.706. The van der Waals surface area contributed by atoms with Gasteiger partial charge in [0.15, 0.2) is 5.96 Å². The van der Waals surface area contributed by atoms with Crippen molar-refractivity contribution in [1.29, 1.82) is 0 Å². The number of hydrogen-bond donors (Lipinski definition) is 2. The molecule has 22 heavy (non-hydrogen) atoms. The zero-order valence-electron chi connectivity index (χ0n) is 13.8. The fourth-order valence-electron chi connectivity index (χ4n) is 3.30. The van der Waals surface area contributed by atoms with Gasteiger partial charge < -0.3 is 15.4 Å². The Morgan fingerprint density at radius 3 is 2.91 bits per heavy atom. The Hall–Kier alpha value is -1.07. The van der Waals surface area contributed by atoms with Crippen molar-refractivity contribution in [1.82, 2.24) is 10.6 Å². The Labute approximate surface area is 137 Å². The summed E-state index contributed by atoms with van der Waals surface area (Å²) in [5.74, 6) is 0.924. The molecule has 5 heteroatoms. The van der Waals surface area contributed by atoms with Crippen LogP contribution >= 0.6 is 11.3 Å². The van der Waals surface area contributed by atoms with Crippen LogP contribution in [0.2, 0.25) is 0 Å². The van der Waals surface area contributed by atoms with Crippen LogP contribution < -0.4 is 10.6 Å². The minimum absolute atomic E-state index is 0.0711. The van der Waals surface area contributed by atoms with Gasteiger partial charge in [-0.3, -0.25) is 4.99 Å². The topological polar surface area (TPSA) is 45.7 Å². The first kappa shape index (κ1) is 15.8. The number of fused-ring (bicyclic) bond motifs is 2. The molecule has 3 heterocycles. The maximum Gasteiger partial charge on any atom is 0.191 e. The van der Waals surface area contributed by atoms with Crippen LogP contribution in [0, 0.1) is 0 Å². The van der Waals surface area contributed by atoms with Crippen LogP contribution in [0.5, 0.6) is 0 Å². The second-order valence-corrected chi connectivity index (χ2v) is 7.86. The zero-order chi connectivity index (χ0) is 15.6. The first-order valence-corrected chi connectivity index (χ1v) is 9.21. The normalized spacial score (nSPS) is 28.1. The van der Waals surface area contributed by atoms with Crippen molar-refractivity contribution in [3.8, 4) is 0 Å². The molecule has 3 atom stereocenters. The Morgan fingerprint density at radius 2 is 2.32 bits per heavy atom. The van der Waals surface area contributed by atoms with E-state index in [1.165, 1.54) is 17.7 Å². The second kappa shape index (κ2) is 6.59. The van der Waals surface area contributed by atoms with Crippen LogP contribution in [0.1, 0.15) is 44.9 Å². The van der Waals surface area contributed by atoms with Gasteiger partial charge in [0.2, 0.25) is 0 Å². The van der Waals surface area contributed by atoms with Crippen molar-refractivity contribution in [2.45, 2.75) is 63.7 Å². The lowest BCUT2D eigenvalue weighted by Gasteiger charge is -2.25. The molecule has 0 radical (unpaired) electrons. The summed E-state index contributed by atoms with van der Waals surface area (Å²) in [6.07, 6.45) is 4.36. The molecule has 2 aliphatic rings. The van der Waals surface area contributed by atoms with Crippen LogP contribution in [0.25, 0.3) is 0 Å². The molecular formula is C17H27N3OS. The van der Waals surface area contributed by atoms with Crippen molar-refractivity contribution in [2.75, 3.05) is 13.1 Å². The van der Waals surface area contributed by atoms with E-state index in [9.17, 15) is 0 Å². The third-order valence-corrected chi connectivity index (χ3v) is 5.83. The monoisotopic (exact) mass is 321 g/mol. The summed E-state index contributed by atoms with van der Waals surface area (Å²) in [6.45, 7) is 8.29. The predicted octanol–water partition coefficient (Wildman–Crippen LogP) is 2.90. The summed E-state index contributed by atoms with van der Waals surface area (Å²) in [5, 5.41) is 9.09. The van der Waals surface area contributed by atoms with Gasteiger partial charge in [-0.15, -0.1) is 11.3 Å². The van der Waals surface area contributed by atoms with Gasteiger partial charge in [-0.1, -0.05) is 19.9 Å². The van der Waals surface area contributed by atoms with Crippen LogP contribution in [0.15, 0.2) is 22.5 Å². The van der Waals surface area contributed by atoms with E-state index < -0.39 is 0 Å². The first-order chi connectivity index (χ1) is 10.6. The number of rotatable bonds is 5. The Bertz CT molecular complexity index is 512. The highest BCUT2D eigenvalue weighted by atomic mass is 32.1. The first-order valence-electron chi connectivity index (χ1n) is 8.33. The smallest absolute Gasteiger partial charge is 0.191 e. The second-order valence-electron chi connectivity index (χ2n) is 6.92. The number of ether oxygens (including phenoxy) is 1. The highest BCUT2D eigenvalue weighted by molar-refractivity contribution is 7.10. The molecular weight excluding hydrogens is 294 g/mol. The molecule has 1 aromatic heterocycles. The molecule has 0 amide bonds. The van der Waals surface area contributed by atoms with E-state index in [0.29, 0.717) is 18.2 Å². The lowest BCUT2D eigenvalue weighted by atomic mass is 9.92. The van der Waals surface area contributed by atoms with Gasteiger partial charge in [0.05, 0.1) is 24.8 Å². The van der Waals surface area contributed by atoms with Crippen molar-refractivity contribution in [3.63, 3.8) is 0 Å². The Morgan fingerprint density at radius 1 is 1.45 bits per heavy atom. The summed E-state index contributed by atoms with van der Waals surface area (Å²) in [5.41, 5.74) is 0.0711. The van der Waals surface area contributed by atoms with Gasteiger partial charge in [0, 0.05) is 16.8 Å². The SMILES string of the molecule is CCNC(=NCC(C)(C)c1cccs1)NC1CC2CCC1O2. The average molecular weight is 321 g/mol. The molecule has 2 aliphatic heterocycles. The molecule has 4 nitrogen and oxygen atoms in total. The van der Waals surface area contributed by atoms with Crippen LogP contribution in [-0.2, 0) is 10.2 Å². The molecule has 3 unspecified atom stereocenters. The molecule has 0 saturated carbocycles. The number of aliphatic imine (C=N–C) groups is 1. The van der Waals surface area contributed by atoms with E-state index in [1.807, 2.05) is 11.3 Å². The molecule has 2 fully saturated rings. The quantitative estimate of drug-likeness (QED) is 0.647. The molecule has 0 spiro atoms. The van der Waals surface area contributed by atoms with Crippen LogP contribution in [0.3, 0.4) is 0 Å². The molecule has 0 aromatic carbocycles. The van der Waals surface area contributed by atoms with Crippen LogP contribution in [0.4, 0.5) is 0 Å². The summed E-state index contributed by atoms with van der Waals surface area (Å²) >= 11 is 1.81. The molecule has 2 N–H and O–H groups in total. The summed E-state index contributed by atoms with van der Waals surface area (Å²) < 4.78 is 5.92. The molecule has 122 valence electrons. The fourth-order valence-corrected chi connectivity index (χ4v) is 4.15. The Balaban J connectivity index is 1.63. The van der Waals surface area contributed by atoms with Crippen molar-refractivity contribution in [3.05, 3.63) is 22.4 Å². The summed E-state index contributed by atoms with van der Waals surface area (Å²) in [6, 6.07) is 4.73. The largest absolute Gasteiger partial charge is 0.373 e. The van der Waals surface area contributed by atoms with Crippen molar-refractivity contribution >= 4 is 17.3 Å². The number of guanidine groups is 1. The highest BCUT2D eigenvalue weighted by Gasteiger charge is 2.41. The van der Waals surface area contributed by atoms with E-state index in [0.717, 1.165) is 25.5 Å². The molecule has 2 bridgehead atoms. The molecule has 2 saturated heterocycles. The highest BCUT2D eigenvalue weighted by Crippen LogP contribution is 2.34. The van der Waals surface area contributed by atoms with Gasteiger partial charge in [-0.2, -0.15) is 0 Å². The maximum absolute atomic E-state index is 5.92. The van der Waals surface area contributed by atoms with Crippen molar-refractivity contribution < 1.29 is 4.74 Å². The van der Waals surface area contributed by atoms with Crippen LogP contribution in [-0.4, -0.2) is 37.3 Å². The number of hydrogen-bond acceptors (Lipinski definition) is 3. The van der Waals surface area contributed by atoms with E-state index in [2.05, 4.69) is 48.9 Å². The number of nitrogens with one attached hydrogen (secondary N) is 2. The lowest BCUT2D eigenvalue weighted by Crippen LogP contribution is -2.47. The van der Waals surface area contributed by atoms with E-state index in [4.69, 9.17) is 9.73 Å². The Kier molecular flexibility index (Phi) is 4.73. The van der Waals surface area contributed by atoms with E-state index in [1.54, 1.807) is 0 Å². The van der Waals surface area contributed by atoms with Gasteiger partial charge in [0.1, 0.15) is 0 Å². The average Bonchev–Trinajstić information content (AvgIpc) is 3.22. The maximum atomic E-state index is 5.92. The van der Waals surface area contributed by atoms with Gasteiger partial charge >= 0.3 is 0 Å². The van der Waals surface area contributed by atoms with E-state index in [-0.39, 0.29) is 5.41 Å². The third-order valence-electron chi connectivity index (χ3n) is 4.59. The van der Waals surface area contributed by atoms with Gasteiger partial charge in [-0.25, -0.2) is 0 Å². The zero-order valence-corrected chi connectivity index (χ0v) is 14.6. The minimum atomic E-state index is 0.0711. The number of nitrogens with zero attached hydrogens (tertiary/aromatic N) is 1. The van der Waals surface area contributed by atoms with Gasteiger partial charge in [0.25, 0.3) is 0 Å². The van der Waals surface area contributed by atoms with Crippen molar-refractivity contribution in [2.24, 2.45) is 4.99 Å². The summed E-state index contributed by atoms with van der Waals surface area (Å²) in [4.78, 5) is 6.22. The van der Waals surface area contributed by atoms with E-state index >= 15 is 0 Å².